The molecule has 1 heterocycles. The summed E-state index contributed by atoms with van der Waals surface area (Å²) in [6.07, 6.45) is 0. The smallest absolute Gasteiger partial charge is 0.163 e. The zero-order valence-electron chi connectivity index (χ0n) is 12.2. The lowest BCUT2D eigenvalue weighted by molar-refractivity contribution is 0.580. The van der Waals surface area contributed by atoms with E-state index in [1.54, 1.807) is 6.07 Å². The molecule has 122 valence electrons. The van der Waals surface area contributed by atoms with Gasteiger partial charge in [-0.3, -0.25) is 0 Å². The van der Waals surface area contributed by atoms with Crippen LogP contribution in [0.2, 0.25) is 5.15 Å². The summed E-state index contributed by atoms with van der Waals surface area (Å²) in [5, 5.41) is 3.08. The average molecular weight is 350 g/mol. The Morgan fingerprint density at radius 1 is 0.875 bits per heavy atom. The Kier molecular flexibility index (Phi) is 4.66. The molecule has 0 atom stereocenters. The Morgan fingerprint density at radius 3 is 2.33 bits per heavy atom. The van der Waals surface area contributed by atoms with Gasteiger partial charge in [-0.05, 0) is 29.8 Å². The number of nitrogens with one attached hydrogen (secondary N) is 1. The Morgan fingerprint density at radius 2 is 1.62 bits per heavy atom. The Hall–Kier alpha value is -2.60. The molecule has 0 bridgehead atoms. The molecular weight excluding hydrogens is 339 g/mol. The van der Waals surface area contributed by atoms with Crippen molar-refractivity contribution in [3.8, 4) is 11.4 Å². The van der Waals surface area contributed by atoms with E-state index in [-0.39, 0.29) is 17.5 Å². The van der Waals surface area contributed by atoms with Gasteiger partial charge in [-0.25, -0.2) is 23.1 Å². The van der Waals surface area contributed by atoms with Gasteiger partial charge in [-0.1, -0.05) is 23.7 Å². The first kappa shape index (κ1) is 16.3. The summed E-state index contributed by atoms with van der Waals surface area (Å²) >= 11 is 5.97. The van der Waals surface area contributed by atoms with Crippen LogP contribution >= 0.6 is 11.6 Å². The van der Waals surface area contributed by atoms with Crippen LogP contribution in [0.15, 0.2) is 48.5 Å². The van der Waals surface area contributed by atoms with E-state index in [4.69, 9.17) is 11.6 Å². The third-order valence-corrected chi connectivity index (χ3v) is 3.37. The van der Waals surface area contributed by atoms with Gasteiger partial charge in [-0.15, -0.1) is 0 Å². The molecule has 0 radical (unpaired) electrons. The van der Waals surface area contributed by atoms with Gasteiger partial charge in [-0.2, -0.15) is 0 Å². The van der Waals surface area contributed by atoms with E-state index in [0.717, 1.165) is 6.07 Å². The van der Waals surface area contributed by atoms with E-state index in [1.807, 2.05) is 0 Å². The van der Waals surface area contributed by atoms with Gasteiger partial charge >= 0.3 is 0 Å². The molecule has 3 rings (SSSR count). The summed E-state index contributed by atoms with van der Waals surface area (Å²) in [5.41, 5.74) is 0.881. The van der Waals surface area contributed by atoms with Crippen molar-refractivity contribution in [2.24, 2.45) is 0 Å². The molecular formula is C17H11ClF3N3. The molecule has 3 aromatic rings. The molecule has 7 heteroatoms. The largest absolute Gasteiger partial charge is 0.366 e. The molecule has 0 amide bonds. The molecule has 0 aliphatic heterocycles. The maximum Gasteiger partial charge on any atom is 0.163 e. The number of rotatable bonds is 4. The topological polar surface area (TPSA) is 37.8 Å². The van der Waals surface area contributed by atoms with Crippen LogP contribution in [0.4, 0.5) is 19.0 Å². The van der Waals surface area contributed by atoms with Crippen LogP contribution in [0, 0.1) is 17.5 Å². The van der Waals surface area contributed by atoms with Gasteiger partial charge in [0.05, 0.1) is 0 Å². The van der Waals surface area contributed by atoms with Gasteiger partial charge in [0, 0.05) is 24.2 Å². The second kappa shape index (κ2) is 6.88. The highest BCUT2D eigenvalue weighted by molar-refractivity contribution is 6.29. The van der Waals surface area contributed by atoms with E-state index in [0.29, 0.717) is 16.9 Å². The van der Waals surface area contributed by atoms with E-state index >= 15 is 0 Å². The summed E-state index contributed by atoms with van der Waals surface area (Å²) in [7, 11) is 0. The first-order valence-electron chi connectivity index (χ1n) is 6.99. The van der Waals surface area contributed by atoms with Crippen molar-refractivity contribution in [3.63, 3.8) is 0 Å². The fourth-order valence-electron chi connectivity index (χ4n) is 2.17. The minimum absolute atomic E-state index is 0.143. The molecule has 0 aliphatic rings. The normalized spacial score (nSPS) is 10.7. The highest BCUT2D eigenvalue weighted by Crippen LogP contribution is 2.21. The number of benzene rings is 2. The molecule has 0 saturated heterocycles. The van der Waals surface area contributed by atoms with E-state index in [1.165, 1.54) is 36.4 Å². The maximum absolute atomic E-state index is 13.3. The van der Waals surface area contributed by atoms with Crippen molar-refractivity contribution in [1.82, 2.24) is 9.97 Å². The SMILES string of the molecule is Fc1cc(F)cc(CNc2cc(Cl)nc(-c3cccc(F)c3)n2)c1. The molecule has 1 aromatic heterocycles. The summed E-state index contributed by atoms with van der Waals surface area (Å²) in [6.45, 7) is 0.143. The van der Waals surface area contributed by atoms with E-state index in [2.05, 4.69) is 15.3 Å². The third-order valence-electron chi connectivity index (χ3n) is 3.17. The number of aromatic nitrogens is 2. The van der Waals surface area contributed by atoms with Crippen molar-refractivity contribution >= 4 is 17.4 Å². The summed E-state index contributed by atoms with van der Waals surface area (Å²) in [6, 6.07) is 10.5. The van der Waals surface area contributed by atoms with E-state index < -0.39 is 17.5 Å². The fraction of sp³-hybridized carbons (Fsp3) is 0.0588. The summed E-state index contributed by atoms with van der Waals surface area (Å²) in [5.74, 6) is -1.13. The molecule has 0 fully saturated rings. The maximum atomic E-state index is 13.3. The number of nitrogens with zero attached hydrogens (tertiary/aromatic N) is 2. The van der Waals surface area contributed by atoms with Crippen LogP contribution in [0.5, 0.6) is 0 Å². The van der Waals surface area contributed by atoms with Crippen LogP contribution in [-0.4, -0.2) is 9.97 Å². The van der Waals surface area contributed by atoms with Crippen LogP contribution in [0.25, 0.3) is 11.4 Å². The van der Waals surface area contributed by atoms with Crippen LogP contribution in [-0.2, 0) is 6.54 Å². The first-order valence-corrected chi connectivity index (χ1v) is 7.37. The molecule has 1 N–H and O–H groups in total. The van der Waals surface area contributed by atoms with Crippen molar-refractivity contribution < 1.29 is 13.2 Å². The second-order valence-corrected chi connectivity index (χ2v) is 5.43. The Balaban J connectivity index is 1.83. The molecule has 24 heavy (non-hydrogen) atoms. The van der Waals surface area contributed by atoms with Crippen LogP contribution in [0.1, 0.15) is 5.56 Å². The molecule has 0 spiro atoms. The standard InChI is InChI=1S/C17H11ClF3N3/c18-15-8-16(22-9-10-4-13(20)7-14(21)5-10)24-17(23-15)11-2-1-3-12(19)6-11/h1-8H,9H2,(H,22,23,24). The lowest BCUT2D eigenvalue weighted by Crippen LogP contribution is -2.04. The highest BCUT2D eigenvalue weighted by atomic mass is 35.5. The monoisotopic (exact) mass is 349 g/mol. The fourth-order valence-corrected chi connectivity index (χ4v) is 2.35. The lowest BCUT2D eigenvalue weighted by Gasteiger charge is -2.09. The molecule has 2 aromatic carbocycles. The van der Waals surface area contributed by atoms with Crippen molar-refractivity contribution in [3.05, 3.63) is 76.7 Å². The number of hydrogen-bond donors (Lipinski definition) is 1. The van der Waals surface area contributed by atoms with E-state index in [9.17, 15) is 13.2 Å². The average Bonchev–Trinajstić information content (AvgIpc) is 2.51. The molecule has 0 aliphatic carbocycles. The van der Waals surface area contributed by atoms with Crippen LogP contribution < -0.4 is 5.32 Å². The zero-order valence-corrected chi connectivity index (χ0v) is 13.0. The summed E-state index contributed by atoms with van der Waals surface area (Å²) < 4.78 is 39.7. The zero-order chi connectivity index (χ0) is 17.1. The quantitative estimate of drug-likeness (QED) is 0.686. The Labute approximate surface area is 141 Å². The molecule has 0 saturated carbocycles. The number of hydrogen-bond acceptors (Lipinski definition) is 3. The first-order chi connectivity index (χ1) is 11.5. The lowest BCUT2D eigenvalue weighted by atomic mass is 10.2. The van der Waals surface area contributed by atoms with Crippen molar-refractivity contribution in [1.29, 1.82) is 0 Å². The minimum atomic E-state index is -0.659. The number of anilines is 1. The van der Waals surface area contributed by atoms with Gasteiger partial charge in [0.25, 0.3) is 0 Å². The number of halogens is 4. The van der Waals surface area contributed by atoms with Crippen molar-refractivity contribution in [2.75, 3.05) is 5.32 Å². The van der Waals surface area contributed by atoms with Gasteiger partial charge in [0.15, 0.2) is 5.82 Å². The van der Waals surface area contributed by atoms with Gasteiger partial charge in [0.2, 0.25) is 0 Å². The predicted octanol–water partition coefficient (Wildman–Crippen LogP) is 4.83. The van der Waals surface area contributed by atoms with Crippen molar-refractivity contribution in [2.45, 2.75) is 6.54 Å². The Bertz CT molecular complexity index is 866. The van der Waals surface area contributed by atoms with Gasteiger partial charge in [0.1, 0.15) is 28.4 Å². The second-order valence-electron chi connectivity index (χ2n) is 5.04. The minimum Gasteiger partial charge on any atom is -0.366 e. The third kappa shape index (κ3) is 4.02. The summed E-state index contributed by atoms with van der Waals surface area (Å²) in [4.78, 5) is 8.30. The molecule has 0 unspecified atom stereocenters. The predicted molar refractivity (Wildman–Crippen MR) is 86.1 cm³/mol. The van der Waals surface area contributed by atoms with Crippen LogP contribution in [0.3, 0.4) is 0 Å². The van der Waals surface area contributed by atoms with Gasteiger partial charge < -0.3 is 5.32 Å². The molecule has 3 nitrogen and oxygen atoms in total. The highest BCUT2D eigenvalue weighted by Gasteiger charge is 2.08.